The van der Waals surface area contributed by atoms with Crippen LogP contribution >= 0.6 is 0 Å². The lowest BCUT2D eigenvalue weighted by molar-refractivity contribution is -0.135. The minimum Gasteiger partial charge on any atom is -0.496 e. The van der Waals surface area contributed by atoms with Crippen LogP contribution in [-0.4, -0.2) is 19.8 Å². The quantitative estimate of drug-likeness (QED) is 0.764. The van der Waals surface area contributed by atoms with E-state index in [4.69, 9.17) is 4.74 Å². The van der Waals surface area contributed by atoms with Crippen molar-refractivity contribution in [3.63, 3.8) is 0 Å². The van der Waals surface area contributed by atoms with Gasteiger partial charge in [-0.15, -0.1) is 0 Å². The van der Waals surface area contributed by atoms with Crippen molar-refractivity contribution in [3.8, 4) is 5.75 Å². The summed E-state index contributed by atoms with van der Waals surface area (Å²) in [5.41, 5.74) is 2.16. The Morgan fingerprint density at radius 2 is 1.95 bits per heavy atom. The molecular weight excluding hydrogens is 255 g/mol. The molecule has 0 bridgehead atoms. The SMILES string of the molecule is COc1ccc(C)cc1CNCCCCC(F)(F)F. The fraction of sp³-hybridized carbons (Fsp3) is 0.571. The van der Waals surface area contributed by atoms with Gasteiger partial charge in [-0.3, -0.25) is 0 Å². The summed E-state index contributed by atoms with van der Waals surface area (Å²) < 4.78 is 41.0. The highest BCUT2D eigenvalue weighted by atomic mass is 19.4. The maximum absolute atomic E-state index is 11.9. The van der Waals surface area contributed by atoms with Crippen molar-refractivity contribution in [2.45, 2.75) is 38.9 Å². The number of hydrogen-bond acceptors (Lipinski definition) is 2. The number of halogens is 3. The summed E-state index contributed by atoms with van der Waals surface area (Å²) in [7, 11) is 1.61. The molecule has 1 aromatic rings. The third kappa shape index (κ3) is 6.47. The van der Waals surface area contributed by atoms with Crippen LogP contribution in [-0.2, 0) is 6.54 Å². The largest absolute Gasteiger partial charge is 0.496 e. The van der Waals surface area contributed by atoms with E-state index in [-0.39, 0.29) is 6.42 Å². The summed E-state index contributed by atoms with van der Waals surface area (Å²) >= 11 is 0. The molecule has 0 unspecified atom stereocenters. The molecule has 1 aromatic carbocycles. The van der Waals surface area contributed by atoms with E-state index in [1.807, 2.05) is 25.1 Å². The number of hydrogen-bond donors (Lipinski definition) is 1. The molecule has 5 heteroatoms. The van der Waals surface area contributed by atoms with E-state index in [1.54, 1.807) is 7.11 Å². The molecule has 0 amide bonds. The van der Waals surface area contributed by atoms with Crippen molar-refractivity contribution in [3.05, 3.63) is 29.3 Å². The van der Waals surface area contributed by atoms with Gasteiger partial charge in [0, 0.05) is 18.5 Å². The van der Waals surface area contributed by atoms with Crippen LogP contribution in [0, 0.1) is 6.92 Å². The number of methoxy groups -OCH3 is 1. The van der Waals surface area contributed by atoms with Gasteiger partial charge in [0.2, 0.25) is 0 Å². The van der Waals surface area contributed by atoms with E-state index in [0.29, 0.717) is 19.5 Å². The number of benzene rings is 1. The van der Waals surface area contributed by atoms with Gasteiger partial charge in [0.05, 0.1) is 7.11 Å². The summed E-state index contributed by atoms with van der Waals surface area (Å²) in [5, 5.41) is 3.14. The molecule has 2 nitrogen and oxygen atoms in total. The van der Waals surface area contributed by atoms with Crippen molar-refractivity contribution in [1.29, 1.82) is 0 Å². The normalized spacial score (nSPS) is 11.6. The molecule has 108 valence electrons. The van der Waals surface area contributed by atoms with Crippen LogP contribution in [0.25, 0.3) is 0 Å². The van der Waals surface area contributed by atoms with Crippen molar-refractivity contribution in [1.82, 2.24) is 5.32 Å². The Morgan fingerprint density at radius 1 is 1.21 bits per heavy atom. The number of aryl methyl sites for hydroxylation is 1. The molecule has 0 atom stereocenters. The van der Waals surface area contributed by atoms with E-state index in [0.717, 1.165) is 16.9 Å². The maximum atomic E-state index is 11.9. The second kappa shape index (κ2) is 7.38. The van der Waals surface area contributed by atoms with Gasteiger partial charge >= 0.3 is 6.18 Å². The van der Waals surface area contributed by atoms with Crippen molar-refractivity contribution >= 4 is 0 Å². The standard InChI is InChI=1S/C14H20F3NO/c1-11-5-6-13(19-2)12(9-11)10-18-8-4-3-7-14(15,16)17/h5-6,9,18H,3-4,7-8,10H2,1-2H3. The third-order valence-electron chi connectivity index (χ3n) is 2.82. The molecular formula is C14H20F3NO. The number of rotatable bonds is 7. The van der Waals surface area contributed by atoms with Crippen LogP contribution in [0.3, 0.4) is 0 Å². The van der Waals surface area contributed by atoms with Crippen molar-refractivity contribution in [2.75, 3.05) is 13.7 Å². The molecule has 0 fully saturated rings. The summed E-state index contributed by atoms with van der Waals surface area (Å²) in [6.45, 7) is 3.18. The van der Waals surface area contributed by atoms with Crippen LogP contribution in [0.15, 0.2) is 18.2 Å². The highest BCUT2D eigenvalue weighted by Crippen LogP contribution is 2.22. The van der Waals surface area contributed by atoms with Gasteiger partial charge in [-0.25, -0.2) is 0 Å². The van der Waals surface area contributed by atoms with Crippen molar-refractivity contribution in [2.24, 2.45) is 0 Å². The average Bonchev–Trinajstić information content (AvgIpc) is 2.32. The minimum absolute atomic E-state index is 0.168. The van der Waals surface area contributed by atoms with Gasteiger partial charge in [0.1, 0.15) is 5.75 Å². The first-order chi connectivity index (χ1) is 8.92. The monoisotopic (exact) mass is 275 g/mol. The summed E-state index contributed by atoms with van der Waals surface area (Å²) in [6, 6.07) is 5.88. The average molecular weight is 275 g/mol. The predicted molar refractivity (Wildman–Crippen MR) is 69.3 cm³/mol. The molecule has 0 radical (unpaired) electrons. The summed E-state index contributed by atoms with van der Waals surface area (Å²) in [4.78, 5) is 0. The van der Waals surface area contributed by atoms with Crippen LogP contribution in [0.4, 0.5) is 13.2 Å². The fourth-order valence-corrected chi connectivity index (χ4v) is 1.84. The zero-order valence-electron chi connectivity index (χ0n) is 11.3. The molecule has 0 heterocycles. The Labute approximate surface area is 112 Å². The lowest BCUT2D eigenvalue weighted by Gasteiger charge is -2.11. The van der Waals surface area contributed by atoms with Gasteiger partial charge in [0.25, 0.3) is 0 Å². The highest BCUT2D eigenvalue weighted by molar-refractivity contribution is 5.36. The van der Waals surface area contributed by atoms with Crippen LogP contribution in [0.1, 0.15) is 30.4 Å². The highest BCUT2D eigenvalue weighted by Gasteiger charge is 2.25. The Kier molecular flexibility index (Phi) is 6.15. The number of unbranched alkanes of at least 4 members (excludes halogenated alkanes) is 1. The Balaban J connectivity index is 2.28. The number of nitrogens with one attached hydrogen (secondary N) is 1. The van der Waals surface area contributed by atoms with E-state index in [9.17, 15) is 13.2 Å². The van der Waals surface area contributed by atoms with E-state index in [2.05, 4.69) is 5.32 Å². The number of ether oxygens (including phenoxy) is 1. The molecule has 19 heavy (non-hydrogen) atoms. The van der Waals surface area contributed by atoms with E-state index in [1.165, 1.54) is 0 Å². The van der Waals surface area contributed by atoms with Crippen molar-refractivity contribution < 1.29 is 17.9 Å². The predicted octanol–water partition coefficient (Wildman–Crippen LogP) is 3.83. The Hall–Kier alpha value is -1.23. The van der Waals surface area contributed by atoms with Crippen LogP contribution in [0.2, 0.25) is 0 Å². The zero-order chi connectivity index (χ0) is 14.3. The zero-order valence-corrected chi connectivity index (χ0v) is 11.3. The topological polar surface area (TPSA) is 21.3 Å². The fourth-order valence-electron chi connectivity index (χ4n) is 1.84. The van der Waals surface area contributed by atoms with Gasteiger partial charge in [-0.2, -0.15) is 13.2 Å². The van der Waals surface area contributed by atoms with E-state index >= 15 is 0 Å². The van der Waals surface area contributed by atoms with E-state index < -0.39 is 12.6 Å². The smallest absolute Gasteiger partial charge is 0.389 e. The first-order valence-electron chi connectivity index (χ1n) is 6.33. The second-order valence-electron chi connectivity index (χ2n) is 4.56. The molecule has 0 aromatic heterocycles. The molecule has 0 aliphatic rings. The minimum atomic E-state index is -4.04. The van der Waals surface area contributed by atoms with Gasteiger partial charge in [0.15, 0.2) is 0 Å². The molecule has 0 aliphatic heterocycles. The summed E-state index contributed by atoms with van der Waals surface area (Å²) in [5.74, 6) is 0.799. The van der Waals surface area contributed by atoms with Crippen LogP contribution in [0.5, 0.6) is 5.75 Å². The first-order valence-corrected chi connectivity index (χ1v) is 6.33. The molecule has 1 N–H and O–H groups in total. The molecule has 0 saturated carbocycles. The van der Waals surface area contributed by atoms with Gasteiger partial charge < -0.3 is 10.1 Å². The number of alkyl halides is 3. The molecule has 0 spiro atoms. The van der Waals surface area contributed by atoms with Gasteiger partial charge in [-0.1, -0.05) is 17.7 Å². The Bertz CT molecular complexity index is 391. The first kappa shape index (κ1) is 15.8. The second-order valence-corrected chi connectivity index (χ2v) is 4.56. The maximum Gasteiger partial charge on any atom is 0.389 e. The molecule has 0 aliphatic carbocycles. The third-order valence-corrected chi connectivity index (χ3v) is 2.82. The summed E-state index contributed by atoms with van der Waals surface area (Å²) in [6.07, 6.45) is -4.06. The lowest BCUT2D eigenvalue weighted by atomic mass is 10.1. The molecule has 1 rings (SSSR count). The lowest BCUT2D eigenvalue weighted by Crippen LogP contribution is -2.16. The van der Waals surface area contributed by atoms with Gasteiger partial charge in [-0.05, 0) is 32.4 Å². The molecule has 0 saturated heterocycles. The van der Waals surface area contributed by atoms with Crippen LogP contribution < -0.4 is 10.1 Å². The Morgan fingerprint density at radius 3 is 2.58 bits per heavy atom.